The molecule has 6 rings (SSSR count). The molecule has 0 bridgehead atoms. The molecule has 246 valence electrons. The van der Waals surface area contributed by atoms with Gasteiger partial charge in [0.1, 0.15) is 29.5 Å². The first-order valence-corrected chi connectivity index (χ1v) is 17.6. The first kappa shape index (κ1) is 32.2. The van der Waals surface area contributed by atoms with Crippen molar-refractivity contribution >= 4 is 46.5 Å². The highest BCUT2D eigenvalue weighted by molar-refractivity contribution is 7.98. The maximum atomic E-state index is 14.0. The van der Waals surface area contributed by atoms with Gasteiger partial charge in [-0.2, -0.15) is 0 Å². The first-order chi connectivity index (χ1) is 22.3. The Labute approximate surface area is 272 Å². The summed E-state index contributed by atoms with van der Waals surface area (Å²) in [4.78, 5) is 60.0. The van der Waals surface area contributed by atoms with Gasteiger partial charge in [0, 0.05) is 41.3 Å². The average molecular weight is 651 g/mol. The van der Waals surface area contributed by atoms with Crippen molar-refractivity contribution in [3.05, 3.63) is 42.6 Å². The number of carbonyl (C=O) groups excluding carboxylic acids is 3. The van der Waals surface area contributed by atoms with Crippen molar-refractivity contribution < 1.29 is 33.8 Å². The SMILES string of the molecule is CSc1cccc2c(O[C@@H]3C[C@H]4C(=O)N[C@]5(C(=O)O)C[C@@H]5/C=C\CCCC[C@H](NC(=O)OC5CCCC5)CC(=O)N4C3)ccnc12. The number of aliphatic carboxylic acids is 1. The van der Waals surface area contributed by atoms with Crippen LogP contribution in [0.4, 0.5) is 4.79 Å². The maximum absolute atomic E-state index is 14.0. The zero-order chi connectivity index (χ0) is 32.3. The lowest BCUT2D eigenvalue weighted by Gasteiger charge is -2.27. The molecule has 1 saturated heterocycles. The molecule has 11 nitrogen and oxygen atoms in total. The van der Waals surface area contributed by atoms with Crippen LogP contribution in [0.5, 0.6) is 5.75 Å². The number of ether oxygens (including phenoxy) is 2. The van der Waals surface area contributed by atoms with Crippen LogP contribution in [0.15, 0.2) is 47.5 Å². The fourth-order valence-corrected chi connectivity index (χ4v) is 7.64. The van der Waals surface area contributed by atoms with Crippen LogP contribution in [0.2, 0.25) is 0 Å². The molecule has 0 unspecified atom stereocenters. The van der Waals surface area contributed by atoms with Gasteiger partial charge in [0.05, 0.1) is 12.1 Å². The molecule has 1 aromatic carbocycles. The van der Waals surface area contributed by atoms with E-state index in [1.165, 1.54) is 4.90 Å². The van der Waals surface area contributed by atoms with Crippen LogP contribution in [0.1, 0.15) is 70.6 Å². The molecule has 3 amide bonds. The molecule has 1 aromatic heterocycles. The summed E-state index contributed by atoms with van der Waals surface area (Å²) in [5.41, 5.74) is -0.575. The zero-order valence-corrected chi connectivity index (χ0v) is 26.9. The van der Waals surface area contributed by atoms with E-state index in [0.717, 1.165) is 60.7 Å². The molecule has 3 N–H and O–H groups in total. The Morgan fingerprint density at radius 1 is 1.11 bits per heavy atom. The van der Waals surface area contributed by atoms with Crippen LogP contribution in [-0.2, 0) is 19.1 Å². The lowest BCUT2D eigenvalue weighted by Crippen LogP contribution is -2.53. The van der Waals surface area contributed by atoms with E-state index in [-0.39, 0.29) is 37.3 Å². The van der Waals surface area contributed by atoms with Crippen LogP contribution in [0, 0.1) is 5.92 Å². The predicted molar refractivity (Wildman–Crippen MR) is 173 cm³/mol. The number of carboxylic acids is 1. The molecule has 4 aliphatic rings. The van der Waals surface area contributed by atoms with E-state index in [4.69, 9.17) is 9.47 Å². The summed E-state index contributed by atoms with van der Waals surface area (Å²) in [5.74, 6) is -1.61. The number of amides is 3. The number of fused-ring (bicyclic) bond motifs is 3. The van der Waals surface area contributed by atoms with E-state index in [9.17, 15) is 24.3 Å². The van der Waals surface area contributed by atoms with Gasteiger partial charge in [0.25, 0.3) is 0 Å². The normalized spacial score (nSPS) is 29.5. The van der Waals surface area contributed by atoms with Gasteiger partial charge in [0.2, 0.25) is 11.8 Å². The van der Waals surface area contributed by atoms with Gasteiger partial charge >= 0.3 is 12.1 Å². The standard InChI is InChI=1S/C34H42N4O7S/c1-46-28-14-8-13-25-27(15-16-35-30(25)28)44-24-18-26-31(40)37-34(32(41)42)19-21(34)9-4-2-3-5-10-22(17-29(39)38(26)20-24)36-33(43)45-23-11-6-7-12-23/h4,8-9,13-16,21-24,26H,2-3,5-7,10-12,17-20H2,1H3,(H,36,43)(H,37,40)(H,41,42)/b9-4-/t21-,22-,24+,26-,34+/m0/s1. The number of nitrogens with zero attached hydrogens (tertiary/aromatic N) is 2. The van der Waals surface area contributed by atoms with Crippen LogP contribution in [0.25, 0.3) is 10.9 Å². The summed E-state index contributed by atoms with van der Waals surface area (Å²) in [5, 5.41) is 16.7. The van der Waals surface area contributed by atoms with Crippen molar-refractivity contribution in [2.24, 2.45) is 5.92 Å². The van der Waals surface area contributed by atoms with Gasteiger partial charge in [0.15, 0.2) is 0 Å². The number of carboxylic acid groups (broad SMARTS) is 1. The highest BCUT2D eigenvalue weighted by Crippen LogP contribution is 2.45. The molecular formula is C34H42N4O7S. The third-order valence-electron chi connectivity index (χ3n) is 9.70. The molecule has 0 spiro atoms. The number of allylic oxidation sites excluding steroid dienone is 1. The van der Waals surface area contributed by atoms with E-state index in [1.807, 2.05) is 36.6 Å². The van der Waals surface area contributed by atoms with Gasteiger partial charge < -0.3 is 30.1 Å². The topological polar surface area (TPSA) is 147 Å². The molecule has 2 aliphatic carbocycles. The summed E-state index contributed by atoms with van der Waals surface area (Å²) in [6.45, 7) is 0.144. The number of para-hydroxylation sites is 1. The first-order valence-electron chi connectivity index (χ1n) is 16.3. The highest BCUT2D eigenvalue weighted by atomic mass is 32.2. The number of aromatic nitrogens is 1. The molecule has 2 aliphatic heterocycles. The molecule has 0 radical (unpaired) electrons. The molecule has 46 heavy (non-hydrogen) atoms. The second kappa shape index (κ2) is 13.9. The molecule has 3 fully saturated rings. The summed E-state index contributed by atoms with van der Waals surface area (Å²) < 4.78 is 12.1. The number of hydrogen-bond acceptors (Lipinski definition) is 8. The summed E-state index contributed by atoms with van der Waals surface area (Å²) in [6, 6.07) is 6.25. The van der Waals surface area contributed by atoms with Crippen LogP contribution < -0.4 is 15.4 Å². The fraction of sp³-hybridized carbons (Fsp3) is 0.559. The zero-order valence-electron chi connectivity index (χ0n) is 26.1. The van der Waals surface area contributed by atoms with E-state index in [0.29, 0.717) is 18.6 Å². The van der Waals surface area contributed by atoms with Crippen molar-refractivity contribution in [2.75, 3.05) is 12.8 Å². The number of nitrogens with one attached hydrogen (secondary N) is 2. The lowest BCUT2D eigenvalue weighted by atomic mass is 10.0. The molecule has 5 atom stereocenters. The van der Waals surface area contributed by atoms with Gasteiger partial charge in [-0.15, -0.1) is 11.8 Å². The number of hydrogen-bond donors (Lipinski definition) is 3. The van der Waals surface area contributed by atoms with Crippen LogP contribution >= 0.6 is 11.8 Å². The van der Waals surface area contributed by atoms with Crippen molar-refractivity contribution in [3.63, 3.8) is 0 Å². The summed E-state index contributed by atoms with van der Waals surface area (Å²) >= 11 is 1.59. The Bertz CT molecular complexity index is 1510. The van der Waals surface area contributed by atoms with E-state index >= 15 is 0 Å². The molecule has 12 heteroatoms. The Morgan fingerprint density at radius 2 is 1.91 bits per heavy atom. The number of carbonyl (C=O) groups is 4. The maximum Gasteiger partial charge on any atom is 0.407 e. The van der Waals surface area contributed by atoms with Crippen molar-refractivity contribution in [3.8, 4) is 5.75 Å². The summed E-state index contributed by atoms with van der Waals surface area (Å²) in [6.07, 6.45) is 13.5. The second-order valence-corrected chi connectivity index (χ2v) is 13.7. The van der Waals surface area contributed by atoms with Crippen LogP contribution in [-0.4, -0.2) is 81.5 Å². The Morgan fingerprint density at radius 3 is 2.70 bits per heavy atom. The van der Waals surface area contributed by atoms with Gasteiger partial charge in [-0.1, -0.05) is 24.6 Å². The number of alkyl carbamates (subject to hydrolysis) is 1. The number of thioether (sulfide) groups is 1. The quantitative estimate of drug-likeness (QED) is 0.296. The molecule has 3 heterocycles. The minimum absolute atomic E-state index is 0.00588. The predicted octanol–water partition coefficient (Wildman–Crippen LogP) is 4.82. The van der Waals surface area contributed by atoms with Gasteiger partial charge in [-0.05, 0) is 75.8 Å². The lowest BCUT2D eigenvalue weighted by molar-refractivity contribution is -0.145. The largest absolute Gasteiger partial charge is 0.488 e. The Balaban J connectivity index is 1.24. The molecule has 2 saturated carbocycles. The van der Waals surface area contributed by atoms with E-state index in [1.54, 1.807) is 24.0 Å². The van der Waals surface area contributed by atoms with Gasteiger partial charge in [-0.25, -0.2) is 9.59 Å². The third-order valence-corrected chi connectivity index (χ3v) is 10.5. The monoisotopic (exact) mass is 650 g/mol. The number of rotatable bonds is 6. The van der Waals surface area contributed by atoms with Crippen molar-refractivity contribution in [2.45, 2.75) is 105 Å². The fourth-order valence-electron chi connectivity index (χ4n) is 7.07. The van der Waals surface area contributed by atoms with E-state index < -0.39 is 41.7 Å². The minimum atomic E-state index is -1.38. The number of benzene rings is 1. The Kier molecular flexibility index (Phi) is 9.72. The summed E-state index contributed by atoms with van der Waals surface area (Å²) in [7, 11) is 0. The minimum Gasteiger partial charge on any atom is -0.488 e. The van der Waals surface area contributed by atoms with E-state index in [2.05, 4.69) is 15.6 Å². The van der Waals surface area contributed by atoms with Gasteiger partial charge in [-0.3, -0.25) is 14.6 Å². The van der Waals surface area contributed by atoms with Crippen LogP contribution in [0.3, 0.4) is 0 Å². The molecule has 2 aromatic rings. The van der Waals surface area contributed by atoms with Crippen molar-refractivity contribution in [1.82, 2.24) is 20.5 Å². The molecular weight excluding hydrogens is 608 g/mol. The second-order valence-electron chi connectivity index (χ2n) is 12.8. The third kappa shape index (κ3) is 6.96. The van der Waals surface area contributed by atoms with Crippen molar-refractivity contribution in [1.29, 1.82) is 0 Å². The number of pyridine rings is 1. The Hall–Kier alpha value is -3.80. The smallest absolute Gasteiger partial charge is 0.407 e. The average Bonchev–Trinajstić information content (AvgIpc) is 3.32. The highest BCUT2D eigenvalue weighted by Gasteiger charge is 2.61.